The van der Waals surface area contributed by atoms with Crippen LogP contribution < -0.4 is 0 Å². The van der Waals surface area contributed by atoms with Crippen molar-refractivity contribution in [3.05, 3.63) is 30.1 Å². The second-order valence-electron chi connectivity index (χ2n) is 11.6. The Labute approximate surface area is 220 Å². The molecule has 0 spiro atoms. The lowest BCUT2D eigenvalue weighted by Gasteiger charge is -2.24. The lowest BCUT2D eigenvalue weighted by atomic mass is 10.0. The molecule has 4 nitrogen and oxygen atoms in total. The Morgan fingerprint density at radius 2 is 1.39 bits per heavy atom. The summed E-state index contributed by atoms with van der Waals surface area (Å²) in [4.78, 5) is 20.1. The molecular formula is C32H51N3O. The van der Waals surface area contributed by atoms with Crippen LogP contribution in [-0.4, -0.2) is 32.9 Å². The Bertz CT molecular complexity index is 913. The molecular weight excluding hydrogens is 442 g/mol. The van der Waals surface area contributed by atoms with Gasteiger partial charge in [-0.3, -0.25) is 4.79 Å². The van der Waals surface area contributed by atoms with Crippen molar-refractivity contribution >= 4 is 16.9 Å². The van der Waals surface area contributed by atoms with Crippen LogP contribution in [0.15, 0.2) is 24.3 Å². The zero-order valence-electron chi connectivity index (χ0n) is 23.1. The van der Waals surface area contributed by atoms with Gasteiger partial charge in [0.25, 0.3) is 0 Å². The summed E-state index contributed by atoms with van der Waals surface area (Å²) in [6.07, 6.45) is 25.0. The average Bonchev–Trinajstić information content (AvgIpc) is 3.63. The number of unbranched alkanes of at least 4 members (excludes halogenated alkanes) is 13. The fraction of sp³-hybridized carbons (Fsp3) is 0.750. The SMILES string of the molecule is CCCCCCCCCCCCCCCCn1c(C2CC(=O)N(C3CCCC3)C2)nc2ccccc21. The van der Waals surface area contributed by atoms with Crippen LogP contribution >= 0.6 is 0 Å². The molecule has 4 heteroatoms. The van der Waals surface area contributed by atoms with Crippen LogP contribution in [0.25, 0.3) is 11.0 Å². The summed E-state index contributed by atoms with van der Waals surface area (Å²) in [6, 6.07) is 9.03. The van der Waals surface area contributed by atoms with Gasteiger partial charge in [0.1, 0.15) is 5.82 Å². The highest BCUT2D eigenvalue weighted by Gasteiger charge is 2.38. The van der Waals surface area contributed by atoms with Gasteiger partial charge in [0.15, 0.2) is 0 Å². The molecule has 1 atom stereocenters. The molecule has 2 aliphatic rings. The highest BCUT2D eigenvalue weighted by Crippen LogP contribution is 2.35. The molecule has 2 fully saturated rings. The molecule has 36 heavy (non-hydrogen) atoms. The molecule has 0 N–H and O–H groups in total. The van der Waals surface area contributed by atoms with Gasteiger partial charge in [-0.2, -0.15) is 0 Å². The van der Waals surface area contributed by atoms with E-state index < -0.39 is 0 Å². The summed E-state index contributed by atoms with van der Waals surface area (Å²) in [6.45, 7) is 4.19. The molecule has 1 aromatic carbocycles. The first-order valence-electron chi connectivity index (χ1n) is 15.5. The van der Waals surface area contributed by atoms with Gasteiger partial charge in [-0.25, -0.2) is 4.98 Å². The van der Waals surface area contributed by atoms with Crippen molar-refractivity contribution in [3.8, 4) is 0 Å². The molecule has 1 aliphatic carbocycles. The zero-order chi connectivity index (χ0) is 25.0. The topological polar surface area (TPSA) is 38.1 Å². The molecule has 1 unspecified atom stereocenters. The predicted molar refractivity (Wildman–Crippen MR) is 151 cm³/mol. The number of carbonyl (C=O) groups is 1. The van der Waals surface area contributed by atoms with Crippen molar-refractivity contribution in [1.82, 2.24) is 14.5 Å². The monoisotopic (exact) mass is 493 g/mol. The first-order chi connectivity index (χ1) is 17.8. The fourth-order valence-corrected chi connectivity index (χ4v) is 6.58. The number of para-hydroxylation sites is 2. The quantitative estimate of drug-likeness (QED) is 0.207. The van der Waals surface area contributed by atoms with E-state index in [0.717, 1.165) is 24.4 Å². The van der Waals surface area contributed by atoms with E-state index >= 15 is 0 Å². The van der Waals surface area contributed by atoms with Gasteiger partial charge in [0.05, 0.1) is 11.0 Å². The van der Waals surface area contributed by atoms with E-state index in [2.05, 4.69) is 40.7 Å². The number of hydrogen-bond acceptors (Lipinski definition) is 2. The van der Waals surface area contributed by atoms with Crippen LogP contribution in [0.2, 0.25) is 0 Å². The van der Waals surface area contributed by atoms with Crippen LogP contribution in [0, 0.1) is 0 Å². The lowest BCUT2D eigenvalue weighted by molar-refractivity contribution is -0.129. The van der Waals surface area contributed by atoms with Crippen molar-refractivity contribution < 1.29 is 4.79 Å². The Morgan fingerprint density at radius 1 is 0.806 bits per heavy atom. The van der Waals surface area contributed by atoms with Crippen molar-refractivity contribution in [3.63, 3.8) is 0 Å². The highest BCUT2D eigenvalue weighted by atomic mass is 16.2. The largest absolute Gasteiger partial charge is 0.339 e. The van der Waals surface area contributed by atoms with Crippen molar-refractivity contribution in [1.29, 1.82) is 0 Å². The fourth-order valence-electron chi connectivity index (χ4n) is 6.58. The maximum Gasteiger partial charge on any atom is 0.223 e. The second-order valence-corrected chi connectivity index (χ2v) is 11.6. The van der Waals surface area contributed by atoms with Gasteiger partial charge in [-0.1, -0.05) is 115 Å². The normalized spacial score (nSPS) is 18.8. The van der Waals surface area contributed by atoms with Crippen molar-refractivity contribution in [2.24, 2.45) is 0 Å². The van der Waals surface area contributed by atoms with E-state index in [1.165, 1.54) is 121 Å². The Kier molecular flexibility index (Phi) is 11.2. The maximum absolute atomic E-state index is 12.9. The lowest BCUT2D eigenvalue weighted by Crippen LogP contribution is -2.34. The van der Waals surface area contributed by atoms with E-state index in [4.69, 9.17) is 4.98 Å². The van der Waals surface area contributed by atoms with E-state index in [1.54, 1.807) is 0 Å². The van der Waals surface area contributed by atoms with Gasteiger partial charge < -0.3 is 9.47 Å². The minimum absolute atomic E-state index is 0.247. The number of imidazole rings is 1. The predicted octanol–water partition coefficient (Wildman–Crippen LogP) is 8.78. The summed E-state index contributed by atoms with van der Waals surface area (Å²) in [7, 11) is 0. The summed E-state index contributed by atoms with van der Waals surface area (Å²) < 4.78 is 2.45. The number of carbonyl (C=O) groups excluding carboxylic acids is 1. The molecule has 0 radical (unpaired) electrons. The standard InChI is InChI=1S/C32H51N3O/c1-2-3-4-5-6-7-8-9-10-11-12-13-14-19-24-34-30-23-18-17-22-29(30)33-32(34)27-25-31(36)35(26-27)28-20-15-16-21-28/h17-18,22-23,27-28H,2-16,19-21,24-26H2,1H3. The van der Waals surface area contributed by atoms with Crippen molar-refractivity contribution in [2.75, 3.05) is 6.54 Å². The number of nitrogens with zero attached hydrogens (tertiary/aromatic N) is 3. The number of aryl methyl sites for hydroxylation is 1. The van der Waals surface area contributed by atoms with Gasteiger partial charge in [-0.15, -0.1) is 0 Å². The second kappa shape index (κ2) is 14.8. The molecule has 1 saturated carbocycles. The minimum Gasteiger partial charge on any atom is -0.339 e. The molecule has 0 bridgehead atoms. The van der Waals surface area contributed by atoms with Crippen LogP contribution in [0.4, 0.5) is 0 Å². The summed E-state index contributed by atoms with van der Waals surface area (Å²) in [5, 5.41) is 0. The van der Waals surface area contributed by atoms with Crippen LogP contribution in [-0.2, 0) is 11.3 Å². The maximum atomic E-state index is 12.9. The third-order valence-electron chi connectivity index (χ3n) is 8.71. The molecule has 1 aliphatic heterocycles. The summed E-state index contributed by atoms with van der Waals surface area (Å²) >= 11 is 0. The molecule has 2 aromatic rings. The summed E-state index contributed by atoms with van der Waals surface area (Å²) in [5.41, 5.74) is 2.33. The number of benzene rings is 1. The first kappa shape index (κ1) is 27.2. The number of fused-ring (bicyclic) bond motifs is 1. The average molecular weight is 494 g/mol. The van der Waals surface area contributed by atoms with Gasteiger partial charge in [0, 0.05) is 31.5 Å². The van der Waals surface area contributed by atoms with Crippen molar-refractivity contribution in [2.45, 2.75) is 147 Å². The Balaban J connectivity index is 1.18. The number of hydrogen-bond donors (Lipinski definition) is 0. The van der Waals surface area contributed by atoms with Gasteiger partial charge in [0.2, 0.25) is 5.91 Å². The third-order valence-corrected chi connectivity index (χ3v) is 8.71. The molecule has 4 rings (SSSR count). The minimum atomic E-state index is 0.247. The number of aromatic nitrogens is 2. The Hall–Kier alpha value is -1.84. The number of amides is 1. The van der Waals surface area contributed by atoms with E-state index in [0.29, 0.717) is 18.4 Å². The number of likely N-dealkylation sites (tertiary alicyclic amines) is 1. The molecule has 1 aromatic heterocycles. The van der Waals surface area contributed by atoms with E-state index in [-0.39, 0.29) is 5.92 Å². The molecule has 1 saturated heterocycles. The van der Waals surface area contributed by atoms with Crippen LogP contribution in [0.5, 0.6) is 0 Å². The van der Waals surface area contributed by atoms with Gasteiger partial charge >= 0.3 is 0 Å². The summed E-state index contributed by atoms with van der Waals surface area (Å²) in [5.74, 6) is 1.75. The van der Waals surface area contributed by atoms with Gasteiger partial charge in [-0.05, 0) is 31.4 Å². The Morgan fingerprint density at radius 3 is 2.03 bits per heavy atom. The molecule has 1 amide bonds. The van der Waals surface area contributed by atoms with E-state index in [1.807, 2.05) is 0 Å². The van der Waals surface area contributed by atoms with Crippen LogP contribution in [0.3, 0.4) is 0 Å². The zero-order valence-corrected chi connectivity index (χ0v) is 23.1. The number of rotatable bonds is 17. The third kappa shape index (κ3) is 7.59. The molecule has 200 valence electrons. The van der Waals surface area contributed by atoms with Crippen LogP contribution in [0.1, 0.15) is 141 Å². The molecule has 2 heterocycles. The first-order valence-corrected chi connectivity index (χ1v) is 15.5. The van der Waals surface area contributed by atoms with E-state index in [9.17, 15) is 4.79 Å². The highest BCUT2D eigenvalue weighted by molar-refractivity contribution is 5.81. The smallest absolute Gasteiger partial charge is 0.223 e.